The van der Waals surface area contributed by atoms with E-state index in [-0.39, 0.29) is 18.4 Å². The topological polar surface area (TPSA) is 76.5 Å². The molecule has 1 aromatic heterocycles. The van der Waals surface area contributed by atoms with E-state index in [1.165, 1.54) is 0 Å². The van der Waals surface area contributed by atoms with Crippen LogP contribution in [0, 0.1) is 0 Å². The number of nitrogens with one attached hydrogen (secondary N) is 1. The van der Waals surface area contributed by atoms with E-state index in [1.54, 1.807) is 53.4 Å². The average Bonchev–Trinajstić information content (AvgIpc) is 3.19. The van der Waals surface area contributed by atoms with Gasteiger partial charge in [-0.3, -0.25) is 14.3 Å². The molecule has 2 aromatic rings. The number of ether oxygens (including phenoxy) is 1. The van der Waals surface area contributed by atoms with Crippen LogP contribution in [0.5, 0.6) is 5.75 Å². The lowest BCUT2D eigenvalue weighted by atomic mass is 10.2. The van der Waals surface area contributed by atoms with Gasteiger partial charge >= 0.3 is 0 Å². The number of hydrogen-bond donors (Lipinski definition) is 1. The monoisotopic (exact) mass is 314 g/mol. The molecule has 7 nitrogen and oxygen atoms in total. The summed E-state index contributed by atoms with van der Waals surface area (Å²) in [5.74, 6) is 0.483. The summed E-state index contributed by atoms with van der Waals surface area (Å²) < 4.78 is 6.92. The number of carbonyl (C=O) groups excluding carboxylic acids is 2. The predicted molar refractivity (Wildman–Crippen MR) is 85.4 cm³/mol. The van der Waals surface area contributed by atoms with Crippen molar-refractivity contribution in [3.8, 4) is 5.75 Å². The van der Waals surface area contributed by atoms with Crippen molar-refractivity contribution in [2.45, 2.75) is 19.4 Å². The summed E-state index contributed by atoms with van der Waals surface area (Å²) in [6.07, 6.45) is 4.76. The molecule has 23 heavy (non-hydrogen) atoms. The fraction of sp³-hybridized carbons (Fsp3) is 0.312. The lowest BCUT2D eigenvalue weighted by Gasteiger charge is -2.19. The van der Waals surface area contributed by atoms with Crippen molar-refractivity contribution >= 4 is 23.2 Å². The largest absolute Gasteiger partial charge is 0.494 e. The van der Waals surface area contributed by atoms with Gasteiger partial charge in [-0.15, -0.1) is 0 Å². The van der Waals surface area contributed by atoms with Gasteiger partial charge in [0.25, 0.3) is 0 Å². The summed E-state index contributed by atoms with van der Waals surface area (Å²) in [4.78, 5) is 25.6. The second-order valence-corrected chi connectivity index (χ2v) is 5.29. The third-order valence-corrected chi connectivity index (χ3v) is 3.69. The lowest BCUT2D eigenvalue weighted by Crippen LogP contribution is -2.24. The average molecular weight is 314 g/mol. The van der Waals surface area contributed by atoms with Crippen LogP contribution in [-0.4, -0.2) is 35.2 Å². The predicted octanol–water partition coefficient (Wildman–Crippen LogP) is 1.66. The molecule has 0 atom stereocenters. The number of hydrogen-bond acceptors (Lipinski definition) is 4. The van der Waals surface area contributed by atoms with Crippen molar-refractivity contribution in [3.63, 3.8) is 0 Å². The van der Waals surface area contributed by atoms with Crippen LogP contribution in [-0.2, 0) is 16.1 Å². The lowest BCUT2D eigenvalue weighted by molar-refractivity contribution is -0.117. The standard InChI is InChI=1S/C16H18N4O3/c1-23-14-10-12(18-15(21)11-19-8-3-7-17-19)5-6-13(14)20-9-2-4-16(20)22/h3,5-8,10H,2,4,9,11H2,1H3,(H,18,21). The highest BCUT2D eigenvalue weighted by atomic mass is 16.5. The van der Waals surface area contributed by atoms with Gasteiger partial charge in [-0.1, -0.05) is 0 Å². The molecule has 2 heterocycles. The highest BCUT2D eigenvalue weighted by Crippen LogP contribution is 2.33. The van der Waals surface area contributed by atoms with Crippen molar-refractivity contribution in [1.82, 2.24) is 9.78 Å². The molecule has 1 aliphatic heterocycles. The maximum absolute atomic E-state index is 12.0. The number of methoxy groups -OCH3 is 1. The highest BCUT2D eigenvalue weighted by Gasteiger charge is 2.24. The molecular weight excluding hydrogens is 296 g/mol. The molecule has 0 unspecified atom stereocenters. The molecule has 0 bridgehead atoms. The van der Waals surface area contributed by atoms with Gasteiger partial charge in [0.2, 0.25) is 11.8 Å². The zero-order valence-electron chi connectivity index (χ0n) is 12.9. The Morgan fingerprint density at radius 1 is 1.43 bits per heavy atom. The van der Waals surface area contributed by atoms with E-state index >= 15 is 0 Å². The normalized spacial score (nSPS) is 14.1. The van der Waals surface area contributed by atoms with Crippen LogP contribution in [0.4, 0.5) is 11.4 Å². The van der Waals surface area contributed by atoms with Gasteiger partial charge in [-0.2, -0.15) is 5.10 Å². The van der Waals surface area contributed by atoms with E-state index < -0.39 is 0 Å². The Kier molecular flexibility index (Phi) is 4.27. The molecule has 1 aromatic carbocycles. The van der Waals surface area contributed by atoms with Crippen molar-refractivity contribution in [1.29, 1.82) is 0 Å². The zero-order valence-corrected chi connectivity index (χ0v) is 12.9. The Morgan fingerprint density at radius 3 is 2.96 bits per heavy atom. The van der Waals surface area contributed by atoms with Crippen LogP contribution in [0.3, 0.4) is 0 Å². The second kappa shape index (κ2) is 6.51. The Balaban J connectivity index is 1.73. The molecule has 0 aliphatic carbocycles. The van der Waals surface area contributed by atoms with E-state index in [9.17, 15) is 9.59 Å². The number of nitrogens with zero attached hydrogens (tertiary/aromatic N) is 3. The van der Waals surface area contributed by atoms with Crippen LogP contribution < -0.4 is 15.0 Å². The minimum Gasteiger partial charge on any atom is -0.494 e. The van der Waals surface area contributed by atoms with Crippen LogP contribution in [0.15, 0.2) is 36.7 Å². The number of amides is 2. The Labute approximate surface area is 133 Å². The first-order valence-corrected chi connectivity index (χ1v) is 7.43. The summed E-state index contributed by atoms with van der Waals surface area (Å²) in [6.45, 7) is 0.835. The number of carbonyl (C=O) groups is 2. The maximum Gasteiger partial charge on any atom is 0.246 e. The van der Waals surface area contributed by atoms with Crippen molar-refractivity contribution in [2.75, 3.05) is 23.9 Å². The molecule has 7 heteroatoms. The van der Waals surface area contributed by atoms with Crippen LogP contribution >= 0.6 is 0 Å². The molecular formula is C16H18N4O3. The smallest absolute Gasteiger partial charge is 0.246 e. The molecule has 1 N–H and O–H groups in total. The fourth-order valence-corrected chi connectivity index (χ4v) is 2.62. The number of aromatic nitrogens is 2. The quantitative estimate of drug-likeness (QED) is 0.910. The van der Waals surface area contributed by atoms with Gasteiger partial charge < -0.3 is 15.0 Å². The van der Waals surface area contributed by atoms with Gasteiger partial charge in [0.05, 0.1) is 12.8 Å². The van der Waals surface area contributed by atoms with E-state index in [0.29, 0.717) is 24.4 Å². The Bertz CT molecular complexity index is 712. The number of anilines is 2. The SMILES string of the molecule is COc1cc(NC(=O)Cn2cccn2)ccc1N1CCCC1=O. The maximum atomic E-state index is 12.0. The zero-order chi connectivity index (χ0) is 16.2. The van der Waals surface area contributed by atoms with E-state index in [4.69, 9.17) is 4.74 Å². The molecule has 0 radical (unpaired) electrons. The molecule has 0 saturated carbocycles. The van der Waals surface area contributed by atoms with Crippen molar-refractivity contribution in [3.05, 3.63) is 36.7 Å². The first kappa shape index (κ1) is 15.1. The molecule has 2 amide bonds. The second-order valence-electron chi connectivity index (χ2n) is 5.29. The Morgan fingerprint density at radius 2 is 2.30 bits per heavy atom. The molecule has 1 saturated heterocycles. The third kappa shape index (κ3) is 3.33. The van der Waals surface area contributed by atoms with Gasteiger partial charge in [-0.25, -0.2) is 0 Å². The summed E-state index contributed by atoms with van der Waals surface area (Å²) in [5.41, 5.74) is 1.36. The molecule has 120 valence electrons. The van der Waals surface area contributed by atoms with E-state index in [2.05, 4.69) is 10.4 Å². The minimum atomic E-state index is -0.180. The number of benzene rings is 1. The van der Waals surface area contributed by atoms with Gasteiger partial charge in [0.15, 0.2) is 0 Å². The summed E-state index contributed by atoms with van der Waals surface area (Å²) in [5, 5.41) is 6.79. The summed E-state index contributed by atoms with van der Waals surface area (Å²) in [7, 11) is 1.55. The van der Waals surface area contributed by atoms with E-state index in [0.717, 1.165) is 12.1 Å². The fourth-order valence-electron chi connectivity index (χ4n) is 2.62. The molecule has 1 fully saturated rings. The highest BCUT2D eigenvalue weighted by molar-refractivity contribution is 5.97. The summed E-state index contributed by atoms with van der Waals surface area (Å²) in [6, 6.07) is 7.05. The third-order valence-electron chi connectivity index (χ3n) is 3.69. The van der Waals surface area contributed by atoms with Crippen molar-refractivity contribution < 1.29 is 14.3 Å². The molecule has 0 spiro atoms. The first-order chi connectivity index (χ1) is 11.2. The van der Waals surface area contributed by atoms with Gasteiger partial charge in [0, 0.05) is 37.1 Å². The minimum absolute atomic E-state index is 0.0961. The van der Waals surface area contributed by atoms with Gasteiger partial charge in [0.1, 0.15) is 12.3 Å². The summed E-state index contributed by atoms with van der Waals surface area (Å²) >= 11 is 0. The molecule has 1 aliphatic rings. The number of rotatable bonds is 5. The van der Waals surface area contributed by atoms with Crippen molar-refractivity contribution in [2.24, 2.45) is 0 Å². The first-order valence-electron chi connectivity index (χ1n) is 7.43. The Hall–Kier alpha value is -2.83. The van der Waals surface area contributed by atoms with Crippen LogP contribution in [0.2, 0.25) is 0 Å². The van der Waals surface area contributed by atoms with E-state index in [1.807, 2.05) is 0 Å². The van der Waals surface area contributed by atoms with Crippen LogP contribution in [0.1, 0.15) is 12.8 Å². The molecule has 3 rings (SSSR count). The van der Waals surface area contributed by atoms with Gasteiger partial charge in [-0.05, 0) is 24.6 Å². The van der Waals surface area contributed by atoms with Crippen LogP contribution in [0.25, 0.3) is 0 Å².